The van der Waals surface area contributed by atoms with Crippen LogP contribution < -0.4 is 5.32 Å². The van der Waals surface area contributed by atoms with Crippen LogP contribution >= 0.6 is 39.0 Å². The second-order valence-electron chi connectivity index (χ2n) is 7.09. The molecule has 1 aromatic carbocycles. The number of nitrogens with one attached hydrogen (secondary N) is 1. The molecule has 1 fully saturated rings. The Morgan fingerprint density at radius 2 is 2.00 bits per heavy atom. The first kappa shape index (κ1) is 21.1. The van der Waals surface area contributed by atoms with Crippen molar-refractivity contribution >= 4 is 49.9 Å². The van der Waals surface area contributed by atoms with Crippen molar-refractivity contribution in [3.05, 3.63) is 45.7 Å². The lowest BCUT2D eigenvalue weighted by Gasteiger charge is -2.25. The summed E-state index contributed by atoms with van der Waals surface area (Å²) in [5.74, 6) is 0.915. The minimum atomic E-state index is -0.151. The molecule has 1 N–H and O–H groups in total. The van der Waals surface area contributed by atoms with Crippen LogP contribution in [0.4, 0.5) is 5.00 Å². The van der Waals surface area contributed by atoms with Crippen molar-refractivity contribution in [1.29, 1.82) is 5.26 Å². The molecule has 0 aliphatic heterocycles. The number of carbonyl (C=O) groups excluding carboxylic acids is 1. The van der Waals surface area contributed by atoms with Gasteiger partial charge in [-0.1, -0.05) is 59.1 Å². The molecule has 3 aromatic rings. The van der Waals surface area contributed by atoms with E-state index in [1.807, 2.05) is 24.3 Å². The van der Waals surface area contributed by atoms with E-state index in [-0.39, 0.29) is 11.7 Å². The van der Waals surface area contributed by atoms with Gasteiger partial charge in [-0.2, -0.15) is 5.26 Å². The summed E-state index contributed by atoms with van der Waals surface area (Å²) in [6.45, 7) is 0. The molecule has 0 spiro atoms. The smallest absolute Gasteiger partial charge is 0.235 e. The minimum absolute atomic E-state index is 0.151. The molecule has 1 amide bonds. The zero-order valence-electron chi connectivity index (χ0n) is 16.2. The molecule has 1 saturated carbocycles. The van der Waals surface area contributed by atoms with Crippen molar-refractivity contribution in [3.63, 3.8) is 0 Å². The van der Waals surface area contributed by atoms with Gasteiger partial charge in [0.25, 0.3) is 0 Å². The van der Waals surface area contributed by atoms with Crippen LogP contribution in [0.2, 0.25) is 0 Å². The maximum atomic E-state index is 12.5. The van der Waals surface area contributed by atoms with E-state index in [1.54, 1.807) is 11.4 Å². The highest BCUT2D eigenvalue weighted by Crippen LogP contribution is 2.36. The third-order valence-electron chi connectivity index (χ3n) is 5.08. The largest absolute Gasteiger partial charge is 0.316 e. The number of benzene rings is 1. The molecule has 1 aliphatic rings. The molecule has 2 heterocycles. The highest BCUT2D eigenvalue weighted by Gasteiger charge is 2.24. The minimum Gasteiger partial charge on any atom is -0.316 e. The number of carbonyl (C=O) groups is 1. The Hall–Kier alpha value is -2.15. The lowest BCUT2D eigenvalue weighted by molar-refractivity contribution is -0.113. The lowest BCUT2D eigenvalue weighted by atomic mass is 9.95. The Kier molecular flexibility index (Phi) is 6.87. The zero-order chi connectivity index (χ0) is 20.9. The van der Waals surface area contributed by atoms with Crippen molar-refractivity contribution in [1.82, 2.24) is 14.8 Å². The fourth-order valence-corrected chi connectivity index (χ4v) is 5.45. The molecule has 4 rings (SSSR count). The maximum Gasteiger partial charge on any atom is 0.235 e. The standard InChI is InChI=1S/C21H20BrN5OS2/c22-16-8-6-14(7-9-16)19-25-26-21(27(19)17-4-2-1-3-5-17)30-13-18(28)24-20-15(12-23)10-11-29-20/h6-11,17H,1-5,13H2,(H,24,28). The van der Waals surface area contributed by atoms with Gasteiger partial charge in [-0.3, -0.25) is 9.36 Å². The molecule has 0 unspecified atom stereocenters. The third-order valence-corrected chi connectivity index (χ3v) is 7.38. The maximum absolute atomic E-state index is 12.5. The van der Waals surface area contributed by atoms with Crippen molar-refractivity contribution < 1.29 is 4.79 Å². The normalized spacial score (nSPS) is 14.4. The van der Waals surface area contributed by atoms with Crippen LogP contribution in [0.5, 0.6) is 0 Å². The van der Waals surface area contributed by atoms with Crippen molar-refractivity contribution in [2.75, 3.05) is 11.1 Å². The summed E-state index contributed by atoms with van der Waals surface area (Å²) < 4.78 is 3.23. The van der Waals surface area contributed by atoms with E-state index in [1.165, 1.54) is 42.4 Å². The second-order valence-corrected chi connectivity index (χ2v) is 9.86. The number of hydrogen-bond acceptors (Lipinski definition) is 6. The van der Waals surface area contributed by atoms with Crippen molar-refractivity contribution in [2.45, 2.75) is 43.3 Å². The summed E-state index contributed by atoms with van der Waals surface area (Å²) in [5, 5.41) is 24.0. The van der Waals surface area contributed by atoms with Crippen LogP contribution in [-0.2, 0) is 4.79 Å². The Balaban J connectivity index is 1.54. The number of hydrogen-bond donors (Lipinski definition) is 1. The Morgan fingerprint density at radius 3 is 2.73 bits per heavy atom. The van der Waals surface area contributed by atoms with E-state index in [0.717, 1.165) is 33.9 Å². The number of amides is 1. The van der Waals surface area contributed by atoms with Crippen LogP contribution in [0.3, 0.4) is 0 Å². The SMILES string of the molecule is N#Cc1ccsc1NC(=O)CSc1nnc(-c2ccc(Br)cc2)n1C1CCCCC1. The van der Waals surface area contributed by atoms with Crippen LogP contribution in [0.1, 0.15) is 43.7 Å². The first-order valence-corrected chi connectivity index (χ1v) is 12.4. The second kappa shape index (κ2) is 9.77. The number of halogens is 1. The number of thioether (sulfide) groups is 1. The van der Waals surface area contributed by atoms with Gasteiger partial charge in [0, 0.05) is 16.1 Å². The molecular weight excluding hydrogens is 482 g/mol. The average Bonchev–Trinajstić information content (AvgIpc) is 3.40. The summed E-state index contributed by atoms with van der Waals surface area (Å²) in [4.78, 5) is 12.5. The summed E-state index contributed by atoms with van der Waals surface area (Å²) in [6, 6.07) is 12.2. The van der Waals surface area contributed by atoms with E-state index in [9.17, 15) is 4.79 Å². The van der Waals surface area contributed by atoms with Crippen LogP contribution in [-0.4, -0.2) is 26.4 Å². The first-order valence-electron chi connectivity index (χ1n) is 9.77. The Morgan fingerprint density at radius 1 is 1.23 bits per heavy atom. The van der Waals surface area contributed by atoms with Gasteiger partial charge in [0.15, 0.2) is 11.0 Å². The summed E-state index contributed by atoms with van der Waals surface area (Å²) >= 11 is 6.23. The van der Waals surface area contributed by atoms with Crippen molar-refractivity contribution in [2.24, 2.45) is 0 Å². The molecule has 1 aliphatic carbocycles. The van der Waals surface area contributed by atoms with Crippen LogP contribution in [0.15, 0.2) is 45.3 Å². The number of nitriles is 1. The van der Waals surface area contributed by atoms with Gasteiger partial charge in [0.05, 0.1) is 11.3 Å². The summed E-state index contributed by atoms with van der Waals surface area (Å²) in [6.07, 6.45) is 5.86. The Labute approximate surface area is 191 Å². The van der Waals surface area contributed by atoms with Gasteiger partial charge in [0.2, 0.25) is 5.91 Å². The first-order chi connectivity index (χ1) is 14.7. The van der Waals surface area contributed by atoms with E-state index < -0.39 is 0 Å². The zero-order valence-corrected chi connectivity index (χ0v) is 19.4. The fraction of sp³-hybridized carbons (Fsp3) is 0.333. The predicted octanol–water partition coefficient (Wildman–Crippen LogP) is 5.88. The molecule has 0 radical (unpaired) electrons. The molecule has 2 aromatic heterocycles. The van der Waals surface area contributed by atoms with Gasteiger partial charge in [-0.25, -0.2) is 0 Å². The number of rotatable bonds is 6. The summed E-state index contributed by atoms with van der Waals surface area (Å²) in [5.41, 5.74) is 1.51. The highest BCUT2D eigenvalue weighted by molar-refractivity contribution is 9.10. The van der Waals surface area contributed by atoms with Gasteiger partial charge in [0.1, 0.15) is 11.1 Å². The Bertz CT molecular complexity index is 1060. The topological polar surface area (TPSA) is 83.6 Å². The monoisotopic (exact) mass is 501 g/mol. The number of aromatic nitrogens is 3. The van der Waals surface area contributed by atoms with Gasteiger partial charge in [-0.05, 0) is 36.4 Å². The molecule has 9 heteroatoms. The highest BCUT2D eigenvalue weighted by atomic mass is 79.9. The number of nitrogens with zero attached hydrogens (tertiary/aromatic N) is 4. The quantitative estimate of drug-likeness (QED) is 0.426. The number of anilines is 1. The van der Waals surface area contributed by atoms with Gasteiger partial charge in [-0.15, -0.1) is 21.5 Å². The third kappa shape index (κ3) is 4.77. The molecular formula is C21H20BrN5OS2. The van der Waals surface area contributed by atoms with E-state index in [2.05, 4.69) is 42.1 Å². The van der Waals surface area contributed by atoms with Crippen molar-refractivity contribution in [3.8, 4) is 17.5 Å². The molecule has 0 atom stereocenters. The van der Waals surface area contributed by atoms with E-state index in [0.29, 0.717) is 16.6 Å². The van der Waals surface area contributed by atoms with Crippen LogP contribution in [0.25, 0.3) is 11.4 Å². The predicted molar refractivity (Wildman–Crippen MR) is 124 cm³/mol. The van der Waals surface area contributed by atoms with Crippen LogP contribution in [0, 0.1) is 11.3 Å². The van der Waals surface area contributed by atoms with E-state index >= 15 is 0 Å². The molecule has 6 nitrogen and oxygen atoms in total. The van der Waals surface area contributed by atoms with Gasteiger partial charge < -0.3 is 5.32 Å². The fourth-order valence-electron chi connectivity index (χ4n) is 3.63. The summed E-state index contributed by atoms with van der Waals surface area (Å²) in [7, 11) is 0. The molecule has 0 saturated heterocycles. The van der Waals surface area contributed by atoms with Gasteiger partial charge >= 0.3 is 0 Å². The lowest BCUT2D eigenvalue weighted by Crippen LogP contribution is -2.17. The molecule has 30 heavy (non-hydrogen) atoms. The average molecular weight is 502 g/mol. The van der Waals surface area contributed by atoms with E-state index in [4.69, 9.17) is 5.26 Å². The number of thiophene rings is 1. The molecule has 154 valence electrons. The molecule has 0 bridgehead atoms.